The number of amides is 1. The minimum Gasteiger partial charge on any atom is -0.497 e. The van der Waals surface area contributed by atoms with E-state index in [0.29, 0.717) is 17.2 Å². The smallest absolute Gasteiger partial charge is 0.256 e. The molecule has 1 aliphatic rings. The maximum atomic E-state index is 13.3. The zero-order valence-electron chi connectivity index (χ0n) is 15.5. The molecule has 27 heavy (non-hydrogen) atoms. The van der Waals surface area contributed by atoms with Gasteiger partial charge in [-0.1, -0.05) is 18.2 Å². The molecule has 1 heterocycles. The lowest BCUT2D eigenvalue weighted by atomic mass is 9.89. The number of fused-ring (bicyclic) bond motifs is 2. The SMILES string of the molecule is COc1ccc(OC)c(NC(=O)c2c3c(nc4ccccc24)CCCC3)c1. The number of para-hydroxylation sites is 1. The van der Waals surface area contributed by atoms with E-state index in [9.17, 15) is 4.79 Å². The number of carbonyl (C=O) groups is 1. The standard InChI is InChI=1S/C22H22N2O3/c1-26-14-11-12-20(27-2)19(13-14)24-22(25)21-15-7-3-5-9-17(15)23-18-10-6-4-8-16(18)21/h3,5,7,9,11-13H,4,6,8,10H2,1-2H3,(H,24,25). The second kappa shape index (κ2) is 7.27. The Hall–Kier alpha value is -3.08. The average molecular weight is 362 g/mol. The van der Waals surface area contributed by atoms with Gasteiger partial charge in [0.05, 0.1) is 31.0 Å². The molecule has 0 spiro atoms. The number of benzene rings is 2. The zero-order chi connectivity index (χ0) is 18.8. The van der Waals surface area contributed by atoms with Gasteiger partial charge in [0.1, 0.15) is 11.5 Å². The molecule has 0 radical (unpaired) electrons. The Labute approximate surface area is 158 Å². The van der Waals surface area contributed by atoms with Crippen LogP contribution in [-0.2, 0) is 12.8 Å². The van der Waals surface area contributed by atoms with Crippen LogP contribution in [0.5, 0.6) is 11.5 Å². The van der Waals surface area contributed by atoms with Crippen molar-refractivity contribution in [1.29, 1.82) is 0 Å². The van der Waals surface area contributed by atoms with Crippen molar-refractivity contribution in [2.45, 2.75) is 25.7 Å². The van der Waals surface area contributed by atoms with Crippen molar-refractivity contribution in [3.05, 3.63) is 59.3 Å². The van der Waals surface area contributed by atoms with E-state index in [1.165, 1.54) is 0 Å². The van der Waals surface area contributed by atoms with Gasteiger partial charge in [0.25, 0.3) is 5.91 Å². The van der Waals surface area contributed by atoms with E-state index < -0.39 is 0 Å². The number of aryl methyl sites for hydroxylation is 1. The van der Waals surface area contributed by atoms with Crippen LogP contribution in [0.25, 0.3) is 10.9 Å². The van der Waals surface area contributed by atoms with E-state index in [1.54, 1.807) is 32.4 Å². The fourth-order valence-electron chi connectivity index (χ4n) is 3.73. The summed E-state index contributed by atoms with van der Waals surface area (Å²) in [4.78, 5) is 18.1. The molecule has 1 amide bonds. The number of pyridine rings is 1. The highest BCUT2D eigenvalue weighted by Crippen LogP contribution is 2.32. The maximum absolute atomic E-state index is 13.3. The molecule has 1 N–H and O–H groups in total. The highest BCUT2D eigenvalue weighted by molar-refractivity contribution is 6.14. The highest BCUT2D eigenvalue weighted by Gasteiger charge is 2.23. The third-order valence-corrected chi connectivity index (χ3v) is 5.05. The van der Waals surface area contributed by atoms with E-state index in [-0.39, 0.29) is 5.91 Å². The number of methoxy groups -OCH3 is 2. The van der Waals surface area contributed by atoms with Gasteiger partial charge in [0.2, 0.25) is 0 Å². The molecule has 2 aromatic carbocycles. The summed E-state index contributed by atoms with van der Waals surface area (Å²) >= 11 is 0. The first-order valence-electron chi connectivity index (χ1n) is 9.15. The van der Waals surface area contributed by atoms with Gasteiger partial charge in [-0.05, 0) is 49.4 Å². The maximum Gasteiger partial charge on any atom is 0.256 e. The molecule has 5 nitrogen and oxygen atoms in total. The summed E-state index contributed by atoms with van der Waals surface area (Å²) in [5, 5.41) is 3.91. The zero-order valence-corrected chi connectivity index (χ0v) is 15.5. The van der Waals surface area contributed by atoms with Gasteiger partial charge in [-0.2, -0.15) is 0 Å². The van der Waals surface area contributed by atoms with Gasteiger partial charge in [-0.3, -0.25) is 9.78 Å². The van der Waals surface area contributed by atoms with Gasteiger partial charge < -0.3 is 14.8 Å². The third kappa shape index (κ3) is 3.21. The number of rotatable bonds is 4. The molecule has 3 aromatic rings. The number of ether oxygens (including phenoxy) is 2. The molecule has 1 aliphatic carbocycles. The third-order valence-electron chi connectivity index (χ3n) is 5.05. The van der Waals surface area contributed by atoms with Crippen LogP contribution in [0.3, 0.4) is 0 Å². The molecule has 0 saturated heterocycles. The number of anilines is 1. The van der Waals surface area contributed by atoms with E-state index in [4.69, 9.17) is 14.5 Å². The lowest BCUT2D eigenvalue weighted by Crippen LogP contribution is -2.19. The molecule has 0 bridgehead atoms. The quantitative estimate of drug-likeness (QED) is 0.748. The van der Waals surface area contributed by atoms with Crippen LogP contribution in [0.1, 0.15) is 34.5 Å². The molecule has 0 fully saturated rings. The second-order valence-electron chi connectivity index (χ2n) is 6.66. The number of hydrogen-bond acceptors (Lipinski definition) is 4. The van der Waals surface area contributed by atoms with Crippen LogP contribution >= 0.6 is 0 Å². The summed E-state index contributed by atoms with van der Waals surface area (Å²) in [6, 6.07) is 13.2. The molecule has 0 aliphatic heterocycles. The van der Waals surface area contributed by atoms with Crippen LogP contribution in [0.2, 0.25) is 0 Å². The minimum absolute atomic E-state index is 0.140. The van der Waals surface area contributed by atoms with Crippen molar-refractivity contribution in [1.82, 2.24) is 4.98 Å². The predicted molar refractivity (Wildman–Crippen MR) is 106 cm³/mol. The van der Waals surface area contributed by atoms with Crippen molar-refractivity contribution in [2.75, 3.05) is 19.5 Å². The molecule has 138 valence electrons. The number of hydrogen-bond donors (Lipinski definition) is 1. The molecule has 0 atom stereocenters. The molecule has 1 aromatic heterocycles. The summed E-state index contributed by atoms with van der Waals surface area (Å²) < 4.78 is 10.7. The van der Waals surface area contributed by atoms with Gasteiger partial charge in [0, 0.05) is 17.1 Å². The van der Waals surface area contributed by atoms with Crippen LogP contribution in [0.15, 0.2) is 42.5 Å². The summed E-state index contributed by atoms with van der Waals surface area (Å²) in [5.74, 6) is 1.11. The minimum atomic E-state index is -0.140. The van der Waals surface area contributed by atoms with E-state index in [0.717, 1.165) is 53.4 Å². The molecular formula is C22H22N2O3. The Kier molecular flexibility index (Phi) is 4.67. The van der Waals surface area contributed by atoms with E-state index in [1.807, 2.05) is 24.3 Å². The Morgan fingerprint density at radius 1 is 1.04 bits per heavy atom. The van der Waals surface area contributed by atoms with Crippen LogP contribution in [0, 0.1) is 0 Å². The average Bonchev–Trinajstić information content (AvgIpc) is 2.71. The van der Waals surface area contributed by atoms with Crippen molar-refractivity contribution in [3.8, 4) is 11.5 Å². The van der Waals surface area contributed by atoms with E-state index >= 15 is 0 Å². The van der Waals surface area contributed by atoms with Gasteiger partial charge in [-0.15, -0.1) is 0 Å². The molecule has 5 heteroatoms. The van der Waals surface area contributed by atoms with Crippen molar-refractivity contribution in [3.63, 3.8) is 0 Å². The predicted octanol–water partition coefficient (Wildman–Crippen LogP) is 4.38. The monoisotopic (exact) mass is 362 g/mol. The van der Waals surface area contributed by atoms with Crippen molar-refractivity contribution >= 4 is 22.5 Å². The van der Waals surface area contributed by atoms with Crippen molar-refractivity contribution in [2.24, 2.45) is 0 Å². The fraction of sp³-hybridized carbons (Fsp3) is 0.273. The number of nitrogens with zero attached hydrogens (tertiary/aromatic N) is 1. The Morgan fingerprint density at radius 3 is 2.67 bits per heavy atom. The topological polar surface area (TPSA) is 60.5 Å². The summed E-state index contributed by atoms with van der Waals surface area (Å²) in [6.45, 7) is 0. The fourth-order valence-corrected chi connectivity index (χ4v) is 3.73. The molecule has 0 unspecified atom stereocenters. The molecular weight excluding hydrogens is 340 g/mol. The van der Waals surface area contributed by atoms with Gasteiger partial charge >= 0.3 is 0 Å². The number of aromatic nitrogens is 1. The summed E-state index contributed by atoms with van der Waals surface area (Å²) in [7, 11) is 3.18. The lowest BCUT2D eigenvalue weighted by molar-refractivity contribution is 0.102. The van der Waals surface area contributed by atoms with Gasteiger partial charge in [-0.25, -0.2) is 0 Å². The number of nitrogens with one attached hydrogen (secondary N) is 1. The van der Waals surface area contributed by atoms with Crippen LogP contribution in [0.4, 0.5) is 5.69 Å². The summed E-state index contributed by atoms with van der Waals surface area (Å²) in [5.41, 5.74) is 4.29. The van der Waals surface area contributed by atoms with Gasteiger partial charge in [0.15, 0.2) is 0 Å². The highest BCUT2D eigenvalue weighted by atomic mass is 16.5. The summed E-state index contributed by atoms with van der Waals surface area (Å²) in [6.07, 6.45) is 3.99. The largest absolute Gasteiger partial charge is 0.497 e. The Bertz CT molecular complexity index is 1010. The lowest BCUT2D eigenvalue weighted by Gasteiger charge is -2.21. The first-order valence-corrected chi connectivity index (χ1v) is 9.15. The van der Waals surface area contributed by atoms with Crippen molar-refractivity contribution < 1.29 is 14.3 Å². The first-order chi connectivity index (χ1) is 13.2. The molecule has 4 rings (SSSR count). The van der Waals surface area contributed by atoms with Crippen LogP contribution in [-0.4, -0.2) is 25.1 Å². The normalized spacial score (nSPS) is 13.1. The van der Waals surface area contributed by atoms with E-state index in [2.05, 4.69) is 5.32 Å². The number of carbonyl (C=O) groups excluding carboxylic acids is 1. The first kappa shape index (κ1) is 17.3. The molecule has 0 saturated carbocycles. The second-order valence-corrected chi connectivity index (χ2v) is 6.66. The Morgan fingerprint density at radius 2 is 1.85 bits per heavy atom. The van der Waals surface area contributed by atoms with Crippen LogP contribution < -0.4 is 14.8 Å². The Balaban J connectivity index is 1.82.